The molecule has 0 fully saturated rings. The van der Waals surface area contributed by atoms with Crippen molar-refractivity contribution in [1.82, 2.24) is 0 Å². The molecule has 0 N–H and O–H groups in total. The van der Waals surface area contributed by atoms with Gasteiger partial charge in [-0.15, -0.1) is 0 Å². The van der Waals surface area contributed by atoms with E-state index in [1.165, 1.54) is 36.4 Å². The lowest BCUT2D eigenvalue weighted by Gasteiger charge is -2.16. The van der Waals surface area contributed by atoms with Crippen LogP contribution in [-0.2, 0) is 38.0 Å². The van der Waals surface area contributed by atoms with E-state index in [-0.39, 0.29) is 54.4 Å². The van der Waals surface area contributed by atoms with Gasteiger partial charge >= 0.3 is 7.82 Å². The van der Waals surface area contributed by atoms with Gasteiger partial charge in [-0.3, -0.25) is 28.0 Å². The van der Waals surface area contributed by atoms with E-state index in [1.54, 1.807) is 0 Å². The first-order chi connectivity index (χ1) is 14.0. The Balaban J connectivity index is 1.67. The molecule has 3 rings (SSSR count). The number of carbonyl (C=O) groups excluding carboxylic acids is 3. The number of aldehydes is 3. The number of phosphoric acid groups is 1. The molecule has 0 saturated heterocycles. The lowest BCUT2D eigenvalue weighted by Crippen LogP contribution is -2.01. The first kappa shape index (κ1) is 20.7. The Morgan fingerprint density at radius 3 is 1.17 bits per heavy atom. The molecule has 0 spiro atoms. The molecule has 29 heavy (non-hydrogen) atoms. The van der Waals surface area contributed by atoms with E-state index in [9.17, 15) is 18.9 Å². The molecule has 0 unspecified atom stereocenters. The highest BCUT2D eigenvalue weighted by atomic mass is 31.2. The summed E-state index contributed by atoms with van der Waals surface area (Å²) in [4.78, 5) is 32.1. The monoisotopic (exact) mass is 422 g/mol. The third-order valence-electron chi connectivity index (χ3n) is 3.49. The molecular formula is C18H15O10P. The average Bonchev–Trinajstić information content (AvgIpc) is 3.49. The van der Waals surface area contributed by atoms with E-state index in [1.807, 2.05) is 0 Å². The van der Waals surface area contributed by atoms with Gasteiger partial charge in [0.1, 0.15) is 37.1 Å². The van der Waals surface area contributed by atoms with Crippen LogP contribution in [0.4, 0.5) is 0 Å². The Bertz CT molecular complexity index is 898. The summed E-state index contributed by atoms with van der Waals surface area (Å²) in [6.45, 7) is -0.915. The van der Waals surface area contributed by atoms with Crippen LogP contribution in [-0.4, -0.2) is 18.9 Å². The predicted molar refractivity (Wildman–Crippen MR) is 94.3 cm³/mol. The van der Waals surface area contributed by atoms with Gasteiger partial charge < -0.3 is 13.3 Å². The summed E-state index contributed by atoms with van der Waals surface area (Å²) in [5.74, 6) is 0.906. The topological polar surface area (TPSA) is 135 Å². The number of hydrogen-bond acceptors (Lipinski definition) is 10. The van der Waals surface area contributed by atoms with Gasteiger partial charge in [0.2, 0.25) is 0 Å². The summed E-state index contributed by atoms with van der Waals surface area (Å²) in [5, 5.41) is 0. The van der Waals surface area contributed by atoms with Crippen LogP contribution in [0.3, 0.4) is 0 Å². The Morgan fingerprint density at radius 2 is 0.931 bits per heavy atom. The van der Waals surface area contributed by atoms with E-state index in [0.717, 1.165) is 0 Å². The van der Waals surface area contributed by atoms with Gasteiger partial charge in [0, 0.05) is 0 Å². The number of phosphoric ester groups is 1. The molecule has 0 atom stereocenters. The second-order valence-corrected chi connectivity index (χ2v) is 7.20. The van der Waals surface area contributed by atoms with Crippen LogP contribution >= 0.6 is 7.82 Å². The summed E-state index contributed by atoms with van der Waals surface area (Å²) in [6, 6.07) is 8.68. The van der Waals surface area contributed by atoms with Crippen molar-refractivity contribution in [2.75, 3.05) is 0 Å². The van der Waals surface area contributed by atoms with Crippen LogP contribution in [0.15, 0.2) is 49.6 Å². The SMILES string of the molecule is O=Cc1ccc(COP(=O)(OCc2ccc(C=O)o2)OCc2ccc(C=O)o2)o1. The quantitative estimate of drug-likeness (QED) is 0.312. The second-order valence-electron chi connectivity index (χ2n) is 5.53. The Morgan fingerprint density at radius 1 is 0.621 bits per heavy atom. The van der Waals surface area contributed by atoms with Crippen molar-refractivity contribution in [3.8, 4) is 0 Å². The van der Waals surface area contributed by atoms with Gasteiger partial charge in [0.15, 0.2) is 36.1 Å². The molecule has 0 bridgehead atoms. The number of hydrogen-bond donors (Lipinski definition) is 0. The number of carbonyl (C=O) groups is 3. The largest absolute Gasteiger partial charge is 0.476 e. The Kier molecular flexibility index (Phi) is 6.73. The van der Waals surface area contributed by atoms with Gasteiger partial charge in [0.05, 0.1) is 0 Å². The van der Waals surface area contributed by atoms with Gasteiger partial charge in [0.25, 0.3) is 0 Å². The standard InChI is InChI=1S/C18H15O10P/c19-7-13-1-4-16(26-13)10-23-29(22,24-11-17-5-2-14(8-20)27-17)25-12-18-6-3-15(9-21)28-18/h1-9H,10-12H2. The summed E-state index contributed by atoms with van der Waals surface area (Å²) in [6.07, 6.45) is 1.54. The maximum absolute atomic E-state index is 13.0. The normalized spacial score (nSPS) is 11.4. The van der Waals surface area contributed by atoms with Crippen molar-refractivity contribution < 1.29 is 45.8 Å². The molecule has 0 aliphatic rings. The summed E-state index contributed by atoms with van der Waals surface area (Å²) >= 11 is 0. The molecular weight excluding hydrogens is 407 g/mol. The van der Waals surface area contributed by atoms with Gasteiger partial charge in [-0.05, 0) is 36.4 Å². The highest BCUT2D eigenvalue weighted by Crippen LogP contribution is 2.51. The first-order valence-corrected chi connectivity index (χ1v) is 9.65. The summed E-state index contributed by atoms with van der Waals surface area (Å²) in [5.41, 5.74) is 0. The van der Waals surface area contributed by atoms with Crippen LogP contribution < -0.4 is 0 Å². The fourth-order valence-corrected chi connectivity index (χ4v) is 3.23. The maximum Gasteiger partial charge on any atom is 0.476 e. The molecule has 11 heteroatoms. The maximum atomic E-state index is 13.0. The van der Waals surface area contributed by atoms with Crippen LogP contribution in [0.2, 0.25) is 0 Å². The lowest BCUT2D eigenvalue weighted by molar-refractivity contribution is 0.0824. The number of rotatable bonds is 12. The zero-order chi connectivity index (χ0) is 20.7. The molecule has 0 amide bonds. The molecule has 0 aromatic carbocycles. The van der Waals surface area contributed by atoms with Gasteiger partial charge in [-0.2, -0.15) is 0 Å². The first-order valence-electron chi connectivity index (χ1n) is 8.19. The van der Waals surface area contributed by atoms with Gasteiger partial charge in [-0.1, -0.05) is 0 Å². The van der Waals surface area contributed by atoms with Crippen molar-refractivity contribution in [2.45, 2.75) is 19.8 Å². The lowest BCUT2D eigenvalue weighted by atomic mass is 10.4. The third kappa shape index (κ3) is 5.72. The molecule has 0 aliphatic heterocycles. The molecule has 3 aromatic rings. The molecule has 3 heterocycles. The Hall–Kier alpha value is -3.04. The smallest absolute Gasteiger partial charge is 0.456 e. The zero-order valence-electron chi connectivity index (χ0n) is 14.8. The van der Waals surface area contributed by atoms with Crippen molar-refractivity contribution in [2.24, 2.45) is 0 Å². The van der Waals surface area contributed by atoms with E-state index in [2.05, 4.69) is 0 Å². The minimum Gasteiger partial charge on any atom is -0.456 e. The van der Waals surface area contributed by atoms with Crippen molar-refractivity contribution in [3.63, 3.8) is 0 Å². The average molecular weight is 422 g/mol. The fraction of sp³-hybridized carbons (Fsp3) is 0.167. The molecule has 0 saturated carbocycles. The van der Waals surface area contributed by atoms with E-state index >= 15 is 0 Å². The number of furan rings is 3. The third-order valence-corrected chi connectivity index (χ3v) is 4.83. The fourth-order valence-electron chi connectivity index (χ4n) is 2.15. The molecule has 152 valence electrons. The molecule has 0 radical (unpaired) electrons. The van der Waals surface area contributed by atoms with Crippen molar-refractivity contribution >= 4 is 26.7 Å². The highest BCUT2D eigenvalue weighted by Gasteiger charge is 2.29. The molecule has 3 aromatic heterocycles. The minimum absolute atomic E-state index is 0.0780. The predicted octanol–water partition coefficient (Wildman–Crippen LogP) is 3.96. The van der Waals surface area contributed by atoms with Gasteiger partial charge in [-0.25, -0.2) is 4.57 Å². The Labute approximate surface area is 163 Å². The van der Waals surface area contributed by atoms with Crippen molar-refractivity contribution in [3.05, 3.63) is 71.0 Å². The molecule has 0 aliphatic carbocycles. The van der Waals surface area contributed by atoms with Crippen LogP contribution in [0.5, 0.6) is 0 Å². The van der Waals surface area contributed by atoms with E-state index in [4.69, 9.17) is 26.8 Å². The molecule has 10 nitrogen and oxygen atoms in total. The zero-order valence-corrected chi connectivity index (χ0v) is 15.7. The van der Waals surface area contributed by atoms with Crippen LogP contribution in [0.1, 0.15) is 48.9 Å². The van der Waals surface area contributed by atoms with Crippen molar-refractivity contribution in [1.29, 1.82) is 0 Å². The minimum atomic E-state index is -4.16. The van der Waals surface area contributed by atoms with E-state index < -0.39 is 7.82 Å². The highest BCUT2D eigenvalue weighted by molar-refractivity contribution is 7.48. The van der Waals surface area contributed by atoms with Crippen LogP contribution in [0.25, 0.3) is 0 Å². The van der Waals surface area contributed by atoms with E-state index in [0.29, 0.717) is 18.9 Å². The second kappa shape index (κ2) is 9.44. The van der Waals surface area contributed by atoms with Crippen LogP contribution in [0, 0.1) is 0 Å². The summed E-state index contributed by atoms with van der Waals surface area (Å²) in [7, 11) is -4.16. The summed E-state index contributed by atoms with van der Waals surface area (Å²) < 4.78 is 44.2.